The minimum absolute atomic E-state index is 0.0846. The van der Waals surface area contributed by atoms with Crippen LogP contribution >= 0.6 is 0 Å². The van der Waals surface area contributed by atoms with Crippen LogP contribution in [0.5, 0.6) is 0 Å². The first-order valence-electron chi connectivity index (χ1n) is 8.21. The molecule has 1 N–H and O–H groups in total. The topological polar surface area (TPSA) is 67.4 Å². The van der Waals surface area contributed by atoms with Crippen LogP contribution in [0.2, 0.25) is 0 Å². The van der Waals surface area contributed by atoms with Crippen LogP contribution in [0.4, 0.5) is 0 Å². The molecule has 1 aromatic rings. The van der Waals surface area contributed by atoms with Crippen LogP contribution in [0.3, 0.4) is 0 Å². The fourth-order valence-corrected chi connectivity index (χ4v) is 3.35. The van der Waals surface area contributed by atoms with Crippen LogP contribution in [0, 0.1) is 11.8 Å². The van der Waals surface area contributed by atoms with Gasteiger partial charge in [0.2, 0.25) is 0 Å². The van der Waals surface area contributed by atoms with E-state index in [1.54, 1.807) is 6.07 Å². The lowest BCUT2D eigenvalue weighted by Gasteiger charge is -2.30. The van der Waals surface area contributed by atoms with Crippen molar-refractivity contribution in [3.8, 4) is 0 Å². The van der Waals surface area contributed by atoms with Crippen LogP contribution in [0.15, 0.2) is 17.2 Å². The molecule has 0 aromatic carbocycles. The quantitative estimate of drug-likeness (QED) is 0.886. The van der Waals surface area contributed by atoms with E-state index >= 15 is 0 Å². The molecule has 0 radical (unpaired) electrons. The second-order valence-electron chi connectivity index (χ2n) is 6.36. The highest BCUT2D eigenvalue weighted by Gasteiger charge is 2.23. The van der Waals surface area contributed by atoms with Crippen LogP contribution in [-0.4, -0.2) is 60.9 Å². The van der Waals surface area contributed by atoms with Gasteiger partial charge in [0, 0.05) is 50.5 Å². The van der Waals surface area contributed by atoms with Crippen molar-refractivity contribution >= 4 is 0 Å². The molecule has 0 bridgehead atoms. The average molecular weight is 307 g/mol. The molecule has 2 aliphatic heterocycles. The van der Waals surface area contributed by atoms with Gasteiger partial charge in [0.1, 0.15) is 0 Å². The molecule has 0 aliphatic carbocycles. The van der Waals surface area contributed by atoms with Crippen molar-refractivity contribution in [2.24, 2.45) is 11.8 Å². The van der Waals surface area contributed by atoms with Gasteiger partial charge in [-0.05, 0) is 25.2 Å². The maximum atomic E-state index is 11.4. The van der Waals surface area contributed by atoms with E-state index in [1.165, 1.54) is 6.33 Å². The summed E-state index contributed by atoms with van der Waals surface area (Å²) in [7, 11) is 0. The third-order valence-corrected chi connectivity index (χ3v) is 4.51. The molecule has 3 rings (SSSR count). The molecule has 122 valence electrons. The minimum Gasteiger partial charge on any atom is -0.381 e. The molecule has 0 amide bonds. The summed E-state index contributed by atoms with van der Waals surface area (Å²) in [6.07, 6.45) is 4.61. The number of aromatic nitrogens is 2. The molecule has 1 unspecified atom stereocenters. The predicted octanol–water partition coefficient (Wildman–Crippen LogP) is 0.687. The van der Waals surface area contributed by atoms with Crippen molar-refractivity contribution in [3.63, 3.8) is 0 Å². The van der Waals surface area contributed by atoms with Crippen LogP contribution in [0.25, 0.3) is 0 Å². The second kappa shape index (κ2) is 7.85. The zero-order valence-corrected chi connectivity index (χ0v) is 13.0. The van der Waals surface area contributed by atoms with Crippen LogP contribution < -0.4 is 5.56 Å². The fourth-order valence-electron chi connectivity index (χ4n) is 3.35. The highest BCUT2D eigenvalue weighted by atomic mass is 16.5. The molecule has 6 heteroatoms. The van der Waals surface area contributed by atoms with Gasteiger partial charge < -0.3 is 19.4 Å². The van der Waals surface area contributed by atoms with Gasteiger partial charge in [-0.25, -0.2) is 4.98 Å². The van der Waals surface area contributed by atoms with Gasteiger partial charge in [0.25, 0.3) is 5.56 Å². The van der Waals surface area contributed by atoms with Crippen molar-refractivity contribution < 1.29 is 9.47 Å². The number of hydrogen-bond acceptors (Lipinski definition) is 5. The number of H-pyrrole nitrogens is 1. The first-order valence-corrected chi connectivity index (χ1v) is 8.21. The maximum absolute atomic E-state index is 11.4. The molecule has 2 fully saturated rings. The summed E-state index contributed by atoms with van der Waals surface area (Å²) in [6.45, 7) is 6.49. The van der Waals surface area contributed by atoms with E-state index in [-0.39, 0.29) is 5.56 Å². The number of hydrogen-bond donors (Lipinski definition) is 1. The SMILES string of the molecule is O=c1cc(CC2COCCN(CC3CCOCC3)C2)nc[nH]1. The Kier molecular flexibility index (Phi) is 5.58. The zero-order valence-electron chi connectivity index (χ0n) is 13.0. The van der Waals surface area contributed by atoms with Gasteiger partial charge in [0.15, 0.2) is 0 Å². The Bertz CT molecular complexity index is 513. The van der Waals surface area contributed by atoms with Crippen molar-refractivity contribution in [1.29, 1.82) is 0 Å². The van der Waals surface area contributed by atoms with E-state index in [2.05, 4.69) is 14.9 Å². The third kappa shape index (κ3) is 4.63. The van der Waals surface area contributed by atoms with Crippen LogP contribution in [-0.2, 0) is 15.9 Å². The van der Waals surface area contributed by atoms with E-state index in [0.717, 1.165) is 76.9 Å². The monoisotopic (exact) mass is 307 g/mol. The first-order chi connectivity index (χ1) is 10.8. The molecule has 2 saturated heterocycles. The van der Waals surface area contributed by atoms with Gasteiger partial charge in [-0.2, -0.15) is 0 Å². The Labute approximate surface area is 130 Å². The lowest BCUT2D eigenvalue weighted by molar-refractivity contribution is 0.0512. The minimum atomic E-state index is -0.0846. The Balaban J connectivity index is 1.56. The lowest BCUT2D eigenvalue weighted by Crippen LogP contribution is -2.36. The molecule has 3 heterocycles. The van der Waals surface area contributed by atoms with Gasteiger partial charge in [-0.3, -0.25) is 4.79 Å². The largest absolute Gasteiger partial charge is 0.381 e. The first kappa shape index (κ1) is 15.6. The second-order valence-corrected chi connectivity index (χ2v) is 6.36. The van der Waals surface area contributed by atoms with Crippen molar-refractivity contribution in [3.05, 3.63) is 28.4 Å². The highest BCUT2D eigenvalue weighted by Crippen LogP contribution is 2.19. The molecule has 6 nitrogen and oxygen atoms in total. The summed E-state index contributed by atoms with van der Waals surface area (Å²) in [5, 5.41) is 0. The lowest BCUT2D eigenvalue weighted by atomic mass is 9.98. The molecular weight excluding hydrogens is 282 g/mol. The van der Waals surface area contributed by atoms with Crippen LogP contribution in [0.1, 0.15) is 18.5 Å². The summed E-state index contributed by atoms with van der Waals surface area (Å²) < 4.78 is 11.2. The highest BCUT2D eigenvalue weighted by molar-refractivity contribution is 5.00. The van der Waals surface area contributed by atoms with Crippen molar-refractivity contribution in [2.75, 3.05) is 46.1 Å². The summed E-state index contributed by atoms with van der Waals surface area (Å²) in [4.78, 5) is 20.7. The smallest absolute Gasteiger partial charge is 0.250 e. The Morgan fingerprint density at radius 1 is 1.23 bits per heavy atom. The predicted molar refractivity (Wildman–Crippen MR) is 82.9 cm³/mol. The van der Waals surface area contributed by atoms with Crippen molar-refractivity contribution in [1.82, 2.24) is 14.9 Å². The summed E-state index contributed by atoms with van der Waals surface area (Å²) in [5.74, 6) is 1.14. The van der Waals surface area contributed by atoms with Gasteiger partial charge in [0.05, 0.1) is 19.5 Å². The zero-order chi connectivity index (χ0) is 15.2. The normalized spacial score (nSPS) is 25.0. The molecule has 1 atom stereocenters. The van der Waals surface area contributed by atoms with Gasteiger partial charge in [-0.1, -0.05) is 0 Å². The summed E-state index contributed by atoms with van der Waals surface area (Å²) >= 11 is 0. The number of ether oxygens (including phenoxy) is 2. The number of nitrogens with zero attached hydrogens (tertiary/aromatic N) is 2. The maximum Gasteiger partial charge on any atom is 0.250 e. The molecule has 1 aromatic heterocycles. The number of nitrogens with one attached hydrogen (secondary N) is 1. The Hall–Kier alpha value is -1.24. The Morgan fingerprint density at radius 3 is 2.91 bits per heavy atom. The molecular formula is C16H25N3O3. The third-order valence-electron chi connectivity index (χ3n) is 4.51. The summed E-state index contributed by atoms with van der Waals surface area (Å²) in [6, 6.07) is 1.59. The van der Waals surface area contributed by atoms with E-state index in [9.17, 15) is 4.79 Å². The van der Waals surface area contributed by atoms with Gasteiger partial charge in [-0.15, -0.1) is 0 Å². The molecule has 0 spiro atoms. The van der Waals surface area contributed by atoms with E-state index < -0.39 is 0 Å². The number of rotatable bonds is 4. The van der Waals surface area contributed by atoms with E-state index in [0.29, 0.717) is 5.92 Å². The molecule has 22 heavy (non-hydrogen) atoms. The van der Waals surface area contributed by atoms with E-state index in [4.69, 9.17) is 9.47 Å². The number of aromatic amines is 1. The fraction of sp³-hybridized carbons (Fsp3) is 0.750. The standard InChI is InChI=1S/C16H25N3O3/c20-16-8-15(17-12-18-16)7-14-10-19(3-6-22-11-14)9-13-1-4-21-5-2-13/h8,12-14H,1-7,9-11H2,(H,17,18,20). The molecule has 0 saturated carbocycles. The summed E-state index contributed by atoms with van der Waals surface area (Å²) in [5.41, 5.74) is 0.767. The Morgan fingerprint density at radius 2 is 2.09 bits per heavy atom. The van der Waals surface area contributed by atoms with Crippen molar-refractivity contribution in [2.45, 2.75) is 19.3 Å². The van der Waals surface area contributed by atoms with E-state index in [1.807, 2.05) is 0 Å². The molecule has 2 aliphatic rings. The average Bonchev–Trinajstić information content (AvgIpc) is 2.73. The van der Waals surface area contributed by atoms with Gasteiger partial charge >= 0.3 is 0 Å².